The van der Waals surface area contributed by atoms with Crippen molar-refractivity contribution >= 4 is 10.0 Å². The van der Waals surface area contributed by atoms with Crippen LogP contribution < -0.4 is 0 Å². The number of hydrogen-bond acceptors (Lipinski definition) is 2. The molecule has 1 rings (SSSR count). The van der Waals surface area contributed by atoms with Crippen molar-refractivity contribution < 1.29 is 26.1 Å². The van der Waals surface area contributed by atoms with Crippen LogP contribution in [0.15, 0.2) is 29.2 Å². The lowest BCUT2D eigenvalue weighted by atomic mass is 10.2. The predicted octanol–water partition coefficient (Wildman–Crippen LogP) is 3.77. The number of alkyl halides is 3. The monoisotopic (exact) mass is 313 g/mol. The molecule has 0 unspecified atom stereocenters. The molecule has 0 fully saturated rings. The molecule has 0 saturated heterocycles. The third-order valence-electron chi connectivity index (χ3n) is 2.68. The molecule has 0 heterocycles. The van der Waals surface area contributed by atoms with Crippen molar-refractivity contribution in [1.82, 2.24) is 4.53 Å². The third kappa shape index (κ3) is 4.17. The number of halogens is 4. The second kappa shape index (κ2) is 6.53. The van der Waals surface area contributed by atoms with Gasteiger partial charge in [0, 0.05) is 6.54 Å². The van der Waals surface area contributed by atoms with E-state index in [0.29, 0.717) is 25.0 Å². The van der Waals surface area contributed by atoms with E-state index >= 15 is 0 Å². The maximum atomic E-state index is 13.5. The van der Waals surface area contributed by atoms with Crippen LogP contribution in [-0.2, 0) is 16.2 Å². The minimum Gasteiger partial charge on any atom is -0.205 e. The highest BCUT2D eigenvalue weighted by Crippen LogP contribution is 2.30. The van der Waals surface area contributed by atoms with Gasteiger partial charge in [-0.15, -0.1) is 4.48 Å². The molecule has 0 aliphatic heterocycles. The van der Waals surface area contributed by atoms with E-state index in [1.54, 1.807) is 0 Å². The average molecular weight is 313 g/mol. The molecule has 0 saturated carbocycles. The molecule has 0 radical (unpaired) electrons. The fourth-order valence-electron chi connectivity index (χ4n) is 1.54. The van der Waals surface area contributed by atoms with Crippen LogP contribution in [0.1, 0.15) is 31.7 Å². The summed E-state index contributed by atoms with van der Waals surface area (Å²) in [6.45, 7) is 1.57. The Morgan fingerprint density at radius 1 is 1.10 bits per heavy atom. The molecule has 0 N–H and O–H groups in total. The van der Waals surface area contributed by atoms with E-state index in [1.165, 1.54) is 0 Å². The number of benzene rings is 1. The molecule has 1 aromatic carbocycles. The fourth-order valence-corrected chi connectivity index (χ4v) is 2.61. The highest BCUT2D eigenvalue weighted by atomic mass is 32.2. The Labute approximate surface area is 115 Å². The van der Waals surface area contributed by atoms with Crippen LogP contribution in [0.3, 0.4) is 0 Å². The number of nitrogens with zero attached hydrogens (tertiary/aromatic N) is 1. The zero-order valence-corrected chi connectivity index (χ0v) is 11.6. The van der Waals surface area contributed by atoms with Gasteiger partial charge in [0.2, 0.25) is 0 Å². The summed E-state index contributed by atoms with van der Waals surface area (Å²) in [7, 11) is -4.38. The summed E-state index contributed by atoms with van der Waals surface area (Å²) in [5.74, 6) is 0. The molecule has 0 spiro atoms. The van der Waals surface area contributed by atoms with Gasteiger partial charge in [0.15, 0.2) is 0 Å². The van der Waals surface area contributed by atoms with Crippen LogP contribution in [-0.4, -0.2) is 19.5 Å². The fraction of sp³-hybridized carbons (Fsp3) is 0.500. The van der Waals surface area contributed by atoms with E-state index in [9.17, 15) is 26.1 Å². The van der Waals surface area contributed by atoms with Gasteiger partial charge >= 0.3 is 6.18 Å². The molecule has 3 nitrogen and oxygen atoms in total. The van der Waals surface area contributed by atoms with Crippen molar-refractivity contribution in [3.63, 3.8) is 0 Å². The first-order chi connectivity index (χ1) is 9.19. The third-order valence-corrected chi connectivity index (χ3v) is 4.25. The lowest BCUT2D eigenvalue weighted by Crippen LogP contribution is -2.24. The lowest BCUT2D eigenvalue weighted by Gasteiger charge is -2.13. The molecule has 0 bridgehead atoms. The molecule has 1 aromatic rings. The van der Waals surface area contributed by atoms with E-state index in [4.69, 9.17) is 0 Å². The predicted molar refractivity (Wildman–Crippen MR) is 66.0 cm³/mol. The molecule has 0 aromatic heterocycles. The molecule has 0 amide bonds. The van der Waals surface area contributed by atoms with Crippen molar-refractivity contribution in [2.75, 3.05) is 6.54 Å². The van der Waals surface area contributed by atoms with Gasteiger partial charge in [-0.3, -0.25) is 0 Å². The molecular formula is C12H15F4NO2S. The number of rotatable bonds is 6. The smallest absolute Gasteiger partial charge is 0.205 e. The average Bonchev–Trinajstić information content (AvgIpc) is 2.38. The molecule has 0 aliphatic carbocycles. The Kier molecular flexibility index (Phi) is 5.52. The Morgan fingerprint density at radius 3 is 2.10 bits per heavy atom. The summed E-state index contributed by atoms with van der Waals surface area (Å²) in [5, 5.41) is 0. The molecule has 114 valence electrons. The Bertz CT molecular complexity index is 525. The van der Waals surface area contributed by atoms with Crippen LogP contribution in [0.2, 0.25) is 0 Å². The highest BCUT2D eigenvalue weighted by Gasteiger charge is 2.31. The maximum absolute atomic E-state index is 13.5. The highest BCUT2D eigenvalue weighted by molar-refractivity contribution is 7.89. The van der Waals surface area contributed by atoms with Gasteiger partial charge in [0.05, 0.1) is 10.5 Å². The van der Waals surface area contributed by atoms with Gasteiger partial charge in [-0.25, -0.2) is 8.42 Å². The van der Waals surface area contributed by atoms with Crippen molar-refractivity contribution in [2.24, 2.45) is 0 Å². The van der Waals surface area contributed by atoms with Crippen LogP contribution in [0.5, 0.6) is 0 Å². The Balaban J connectivity index is 2.87. The van der Waals surface area contributed by atoms with E-state index in [1.807, 2.05) is 6.92 Å². The summed E-state index contributed by atoms with van der Waals surface area (Å²) in [6, 6.07) is 2.74. The minimum absolute atomic E-state index is 0.308. The maximum Gasteiger partial charge on any atom is 0.416 e. The number of unbranched alkanes of at least 4 members (excludes halogenated alkanes) is 2. The van der Waals surface area contributed by atoms with Gasteiger partial charge in [0.1, 0.15) is 0 Å². The summed E-state index contributed by atoms with van der Waals surface area (Å²) in [6.07, 6.45) is -2.73. The standard InChI is InChI=1S/C12H15F4NO2S/c1-2-3-4-9-17(16)20(18,19)11-7-5-10(6-8-11)12(13,14)15/h5-8H,2-4,9H2,1H3. The van der Waals surface area contributed by atoms with E-state index in [-0.39, 0.29) is 11.1 Å². The van der Waals surface area contributed by atoms with Crippen molar-refractivity contribution in [1.29, 1.82) is 0 Å². The molecular weight excluding hydrogens is 298 g/mol. The second-order valence-corrected chi connectivity index (χ2v) is 6.06. The summed E-state index contributed by atoms with van der Waals surface area (Å²) in [5.41, 5.74) is -0.979. The summed E-state index contributed by atoms with van der Waals surface area (Å²) < 4.78 is 73.8. The van der Waals surface area contributed by atoms with Crippen LogP contribution in [0, 0.1) is 0 Å². The molecule has 8 heteroatoms. The largest absolute Gasteiger partial charge is 0.416 e. The number of sulfonamides is 1. The zero-order valence-electron chi connectivity index (χ0n) is 10.8. The van der Waals surface area contributed by atoms with E-state index in [2.05, 4.69) is 0 Å². The van der Waals surface area contributed by atoms with Gasteiger partial charge < -0.3 is 0 Å². The Hall–Kier alpha value is -1.15. The van der Waals surface area contributed by atoms with Crippen molar-refractivity contribution in [2.45, 2.75) is 37.3 Å². The quantitative estimate of drug-likeness (QED) is 0.455. The Morgan fingerprint density at radius 2 is 1.65 bits per heavy atom. The SMILES string of the molecule is CCCCCN(F)S(=O)(=O)c1ccc(C(F)(F)F)cc1. The van der Waals surface area contributed by atoms with Crippen LogP contribution >= 0.6 is 0 Å². The lowest BCUT2D eigenvalue weighted by molar-refractivity contribution is -0.137. The second-order valence-electron chi connectivity index (χ2n) is 4.25. The van der Waals surface area contributed by atoms with E-state index in [0.717, 1.165) is 18.6 Å². The summed E-state index contributed by atoms with van der Waals surface area (Å²) in [4.78, 5) is -0.496. The first-order valence-corrected chi connectivity index (χ1v) is 7.49. The van der Waals surface area contributed by atoms with Crippen LogP contribution in [0.25, 0.3) is 0 Å². The van der Waals surface area contributed by atoms with Crippen molar-refractivity contribution in [3.05, 3.63) is 29.8 Å². The summed E-state index contributed by atoms with van der Waals surface area (Å²) >= 11 is 0. The van der Waals surface area contributed by atoms with Crippen molar-refractivity contribution in [3.8, 4) is 0 Å². The topological polar surface area (TPSA) is 37.4 Å². The normalized spacial score (nSPS) is 12.9. The molecule has 0 aliphatic rings. The molecule has 0 atom stereocenters. The minimum atomic E-state index is -4.56. The zero-order chi connectivity index (χ0) is 15.4. The van der Waals surface area contributed by atoms with Gasteiger partial charge in [-0.2, -0.15) is 13.2 Å². The first kappa shape index (κ1) is 16.9. The van der Waals surface area contributed by atoms with Gasteiger partial charge in [0.25, 0.3) is 10.0 Å². The first-order valence-electron chi connectivity index (χ1n) is 6.05. The number of hydrogen-bond donors (Lipinski definition) is 0. The van der Waals surface area contributed by atoms with Crippen LogP contribution in [0.4, 0.5) is 17.7 Å². The molecule has 20 heavy (non-hydrogen) atoms. The van der Waals surface area contributed by atoms with E-state index < -0.39 is 26.7 Å². The van der Waals surface area contributed by atoms with Gasteiger partial charge in [-0.1, -0.05) is 19.8 Å². The van der Waals surface area contributed by atoms with Gasteiger partial charge in [-0.05, 0) is 35.2 Å².